The van der Waals surface area contributed by atoms with Gasteiger partial charge in [0.1, 0.15) is 12.6 Å². The lowest BCUT2D eigenvalue weighted by molar-refractivity contribution is -0.139. The Morgan fingerprint density at radius 1 is 1.03 bits per heavy atom. The van der Waals surface area contributed by atoms with Gasteiger partial charge in [0.2, 0.25) is 21.8 Å². The van der Waals surface area contributed by atoms with Gasteiger partial charge in [-0.05, 0) is 55.7 Å². The Balaban J connectivity index is 1.86. The summed E-state index contributed by atoms with van der Waals surface area (Å²) in [7, 11) is -3.75. The zero-order chi connectivity index (χ0) is 25.6. The molecule has 1 aliphatic rings. The van der Waals surface area contributed by atoms with E-state index in [2.05, 4.69) is 37.2 Å². The fourth-order valence-corrected chi connectivity index (χ4v) is 5.68. The summed E-state index contributed by atoms with van der Waals surface area (Å²) in [5, 5.41) is 3.09. The summed E-state index contributed by atoms with van der Waals surface area (Å²) in [6.07, 6.45) is 6.27. The van der Waals surface area contributed by atoms with Gasteiger partial charge in [0, 0.05) is 21.5 Å². The number of hydrogen-bond acceptors (Lipinski definition) is 4. The first-order valence-electron chi connectivity index (χ1n) is 11.6. The van der Waals surface area contributed by atoms with Crippen molar-refractivity contribution in [3.8, 4) is 0 Å². The third-order valence-corrected chi connectivity index (χ3v) is 8.32. The number of carbonyl (C=O) groups is 2. The smallest absolute Gasteiger partial charge is 0.244 e. The van der Waals surface area contributed by atoms with Gasteiger partial charge in [0.25, 0.3) is 0 Å². The maximum absolute atomic E-state index is 13.6. The van der Waals surface area contributed by atoms with Crippen LogP contribution in [0.2, 0.25) is 0 Å². The van der Waals surface area contributed by atoms with Gasteiger partial charge in [0.05, 0.1) is 11.9 Å². The molecule has 2 amide bonds. The molecule has 0 saturated heterocycles. The lowest BCUT2D eigenvalue weighted by Crippen LogP contribution is -2.52. The molecule has 0 bridgehead atoms. The zero-order valence-electron chi connectivity index (χ0n) is 19.9. The molecule has 1 atom stereocenters. The number of halogens is 2. The predicted molar refractivity (Wildman–Crippen MR) is 146 cm³/mol. The van der Waals surface area contributed by atoms with E-state index in [-0.39, 0.29) is 18.5 Å². The molecule has 1 N–H and O–H groups in total. The second-order valence-electron chi connectivity index (χ2n) is 8.92. The Labute approximate surface area is 224 Å². The molecule has 35 heavy (non-hydrogen) atoms. The van der Waals surface area contributed by atoms with Crippen molar-refractivity contribution in [1.29, 1.82) is 0 Å². The van der Waals surface area contributed by atoms with Gasteiger partial charge >= 0.3 is 0 Å². The minimum Gasteiger partial charge on any atom is -0.352 e. The van der Waals surface area contributed by atoms with Crippen LogP contribution in [0.15, 0.2) is 57.5 Å². The minimum absolute atomic E-state index is 0.109. The third kappa shape index (κ3) is 8.05. The van der Waals surface area contributed by atoms with Crippen LogP contribution >= 0.6 is 31.9 Å². The van der Waals surface area contributed by atoms with Crippen molar-refractivity contribution < 1.29 is 18.0 Å². The lowest BCUT2D eigenvalue weighted by Gasteiger charge is -2.33. The van der Waals surface area contributed by atoms with E-state index in [0.717, 1.165) is 46.3 Å². The lowest BCUT2D eigenvalue weighted by atomic mass is 9.95. The molecule has 1 saturated carbocycles. The molecule has 0 spiro atoms. The maximum Gasteiger partial charge on any atom is 0.244 e. The summed E-state index contributed by atoms with van der Waals surface area (Å²) in [5.41, 5.74) is 1.21. The number of amides is 2. The molecule has 0 aromatic heterocycles. The average Bonchev–Trinajstić information content (AvgIpc) is 2.81. The molecule has 1 fully saturated rings. The van der Waals surface area contributed by atoms with Gasteiger partial charge < -0.3 is 10.2 Å². The standard InChI is InChI=1S/C25H31Br2N3O4S/c1-18(25(32)28-22-8-4-3-5-9-22)29(16-19-11-13-20(26)14-12-19)24(31)17-30(35(2,33)34)23-10-6-7-21(27)15-23/h6-7,10-15,18,22H,3-5,8-9,16-17H2,1-2H3,(H,28,32). The average molecular weight is 629 g/mol. The summed E-state index contributed by atoms with van der Waals surface area (Å²) in [4.78, 5) is 28.2. The Kier molecular flexibility index (Phi) is 9.77. The number of nitrogens with one attached hydrogen (secondary N) is 1. The molecular formula is C25H31Br2N3O4S. The number of anilines is 1. The van der Waals surface area contributed by atoms with Crippen molar-refractivity contribution in [1.82, 2.24) is 10.2 Å². The molecule has 2 aromatic carbocycles. The van der Waals surface area contributed by atoms with Crippen molar-refractivity contribution >= 4 is 59.4 Å². The summed E-state index contributed by atoms with van der Waals surface area (Å²) >= 11 is 6.77. The van der Waals surface area contributed by atoms with Gasteiger partial charge in [-0.25, -0.2) is 8.42 Å². The van der Waals surface area contributed by atoms with Gasteiger partial charge in [-0.2, -0.15) is 0 Å². The summed E-state index contributed by atoms with van der Waals surface area (Å²) in [6.45, 7) is 1.47. The van der Waals surface area contributed by atoms with E-state index in [9.17, 15) is 18.0 Å². The van der Waals surface area contributed by atoms with E-state index in [1.165, 1.54) is 11.3 Å². The monoisotopic (exact) mass is 627 g/mol. The second-order valence-corrected chi connectivity index (χ2v) is 12.7. The Bertz CT molecular complexity index is 1140. The van der Waals surface area contributed by atoms with Crippen molar-refractivity contribution in [2.24, 2.45) is 0 Å². The van der Waals surface area contributed by atoms with Crippen molar-refractivity contribution in [3.63, 3.8) is 0 Å². The molecule has 0 radical (unpaired) electrons. The number of carbonyl (C=O) groups excluding carboxylic acids is 2. The summed E-state index contributed by atoms with van der Waals surface area (Å²) in [6, 6.07) is 13.6. The molecule has 0 aliphatic heterocycles. The van der Waals surface area contributed by atoms with Crippen LogP contribution in [0.5, 0.6) is 0 Å². The second kappa shape index (κ2) is 12.4. The minimum atomic E-state index is -3.75. The highest BCUT2D eigenvalue weighted by molar-refractivity contribution is 9.10. The number of benzene rings is 2. The highest BCUT2D eigenvalue weighted by Crippen LogP contribution is 2.23. The summed E-state index contributed by atoms with van der Waals surface area (Å²) in [5.74, 6) is -0.680. The largest absolute Gasteiger partial charge is 0.352 e. The highest BCUT2D eigenvalue weighted by Gasteiger charge is 2.31. The van der Waals surface area contributed by atoms with Crippen LogP contribution in [0, 0.1) is 0 Å². The molecule has 1 aliphatic carbocycles. The first kappa shape index (κ1) is 27.7. The Hall–Kier alpha value is -1.91. The van der Waals surface area contributed by atoms with Gasteiger partial charge in [-0.3, -0.25) is 13.9 Å². The van der Waals surface area contributed by atoms with Crippen LogP contribution in [0.1, 0.15) is 44.6 Å². The summed E-state index contributed by atoms with van der Waals surface area (Å²) < 4.78 is 27.9. The van der Waals surface area contributed by atoms with E-state index >= 15 is 0 Å². The zero-order valence-corrected chi connectivity index (χ0v) is 23.9. The maximum atomic E-state index is 13.6. The molecule has 2 aromatic rings. The fourth-order valence-electron chi connectivity index (χ4n) is 4.18. The molecule has 0 heterocycles. The number of nitrogens with zero attached hydrogens (tertiary/aromatic N) is 2. The first-order chi connectivity index (χ1) is 16.5. The van der Waals surface area contributed by atoms with Gasteiger partial charge in [0.15, 0.2) is 0 Å². The Morgan fingerprint density at radius 3 is 2.29 bits per heavy atom. The van der Waals surface area contributed by atoms with E-state index < -0.39 is 28.5 Å². The van der Waals surface area contributed by atoms with Crippen molar-refractivity contribution in [3.05, 3.63) is 63.0 Å². The number of sulfonamides is 1. The third-order valence-electron chi connectivity index (χ3n) is 6.16. The van der Waals surface area contributed by atoms with E-state index in [1.54, 1.807) is 31.2 Å². The number of rotatable bonds is 9. The van der Waals surface area contributed by atoms with Gasteiger partial charge in [-0.1, -0.05) is 69.3 Å². The van der Waals surface area contributed by atoms with E-state index in [0.29, 0.717) is 10.2 Å². The predicted octanol–water partition coefficient (Wildman–Crippen LogP) is 4.84. The van der Waals surface area contributed by atoms with Crippen molar-refractivity contribution in [2.45, 2.75) is 57.7 Å². The van der Waals surface area contributed by atoms with Crippen LogP contribution in [-0.4, -0.2) is 50.0 Å². The van der Waals surface area contributed by atoms with Crippen LogP contribution in [0.4, 0.5) is 5.69 Å². The highest BCUT2D eigenvalue weighted by atomic mass is 79.9. The topological polar surface area (TPSA) is 86.8 Å². The number of hydrogen-bond donors (Lipinski definition) is 1. The molecule has 7 nitrogen and oxygen atoms in total. The van der Waals surface area contributed by atoms with E-state index in [1.807, 2.05) is 24.3 Å². The molecular weight excluding hydrogens is 598 g/mol. The SMILES string of the molecule is CC(C(=O)NC1CCCCC1)N(Cc1ccc(Br)cc1)C(=O)CN(c1cccc(Br)c1)S(C)(=O)=O. The van der Waals surface area contributed by atoms with Crippen LogP contribution < -0.4 is 9.62 Å². The fraction of sp³-hybridized carbons (Fsp3) is 0.440. The van der Waals surface area contributed by atoms with Crippen molar-refractivity contribution in [2.75, 3.05) is 17.1 Å². The molecule has 3 rings (SSSR count). The molecule has 190 valence electrons. The molecule has 1 unspecified atom stereocenters. The van der Waals surface area contributed by atoms with Crippen LogP contribution in [0.25, 0.3) is 0 Å². The van der Waals surface area contributed by atoms with Gasteiger partial charge in [-0.15, -0.1) is 0 Å². The Morgan fingerprint density at radius 2 is 1.69 bits per heavy atom. The first-order valence-corrected chi connectivity index (χ1v) is 15.1. The van der Waals surface area contributed by atoms with Crippen LogP contribution in [-0.2, 0) is 26.2 Å². The quantitative estimate of drug-likeness (QED) is 0.430. The van der Waals surface area contributed by atoms with E-state index in [4.69, 9.17) is 0 Å². The van der Waals surface area contributed by atoms with Crippen LogP contribution in [0.3, 0.4) is 0 Å². The molecule has 10 heteroatoms. The normalized spacial score (nSPS) is 15.3.